The number of nitrogens with one attached hydrogen (secondary N) is 1. The Morgan fingerprint density at radius 3 is 2.35 bits per heavy atom. The number of rotatable bonds is 4. The van der Waals surface area contributed by atoms with Crippen molar-refractivity contribution in [2.45, 2.75) is 50.2 Å². The van der Waals surface area contributed by atoms with Crippen molar-refractivity contribution in [1.29, 1.82) is 0 Å². The molecule has 0 unspecified atom stereocenters. The maximum absolute atomic E-state index is 12.9. The minimum absolute atomic E-state index is 0.114. The Balaban J connectivity index is 0.844. The van der Waals surface area contributed by atoms with Gasteiger partial charge < -0.3 is 9.80 Å². The topological polar surface area (TPSA) is 68.4 Å². The summed E-state index contributed by atoms with van der Waals surface area (Å²) in [6, 6.07) is 2.39. The summed E-state index contributed by atoms with van der Waals surface area (Å²) in [5.41, 5.74) is 2.89. The second-order valence-electron chi connectivity index (χ2n) is 11.4. The molecule has 0 atom stereocenters. The first-order valence-electron chi connectivity index (χ1n) is 12.0. The van der Waals surface area contributed by atoms with Gasteiger partial charge in [-0.1, -0.05) is 0 Å². The number of thiazole rings is 1. The lowest BCUT2D eigenvalue weighted by Crippen LogP contribution is -2.75. The van der Waals surface area contributed by atoms with Gasteiger partial charge in [0.1, 0.15) is 9.88 Å². The molecule has 0 radical (unpaired) electrons. The van der Waals surface area contributed by atoms with Crippen LogP contribution in [0.15, 0.2) is 12.3 Å². The molecule has 2 aliphatic carbocycles. The zero-order chi connectivity index (χ0) is 23.3. The number of halogens is 3. The predicted molar refractivity (Wildman–Crippen MR) is 118 cm³/mol. The minimum atomic E-state index is -4.32. The predicted octanol–water partition coefficient (Wildman–Crippen LogP) is 3.88. The molecule has 7 rings (SSSR count). The molecule has 0 aromatic carbocycles. The lowest BCUT2D eigenvalue weighted by atomic mass is 9.57. The van der Waals surface area contributed by atoms with Crippen LogP contribution in [0.3, 0.4) is 0 Å². The van der Waals surface area contributed by atoms with Gasteiger partial charge in [-0.3, -0.25) is 10.00 Å². The third-order valence-corrected chi connectivity index (χ3v) is 9.39. The summed E-state index contributed by atoms with van der Waals surface area (Å²) in [6.45, 7) is 5.28. The highest BCUT2D eigenvalue weighted by atomic mass is 32.1. The Hall–Kier alpha value is -2.14. The average Bonchev–Trinajstić information content (AvgIpc) is 3.19. The van der Waals surface area contributed by atoms with E-state index >= 15 is 0 Å². The number of amides is 2. The van der Waals surface area contributed by atoms with E-state index in [1.165, 1.54) is 24.2 Å². The van der Waals surface area contributed by atoms with Crippen molar-refractivity contribution in [3.05, 3.63) is 33.5 Å². The highest BCUT2D eigenvalue weighted by molar-refractivity contribution is 7.11. The molecule has 182 valence electrons. The number of aromatic nitrogens is 3. The zero-order valence-electron chi connectivity index (χ0n) is 18.8. The first kappa shape index (κ1) is 21.2. The molecular weight excluding hydrogens is 465 g/mol. The number of H-pyrrole nitrogens is 1. The fourth-order valence-electron chi connectivity index (χ4n) is 6.54. The molecule has 2 aromatic heterocycles. The molecule has 7 nitrogen and oxygen atoms in total. The van der Waals surface area contributed by atoms with Gasteiger partial charge in [-0.2, -0.15) is 18.3 Å². The largest absolute Gasteiger partial charge is 0.427 e. The summed E-state index contributed by atoms with van der Waals surface area (Å²) in [6.07, 6.45) is 1.39. The van der Waals surface area contributed by atoms with Gasteiger partial charge in [0.15, 0.2) is 0 Å². The summed E-state index contributed by atoms with van der Waals surface area (Å²) in [5.74, 6) is 1.23. The molecule has 1 N–H and O–H groups in total. The van der Waals surface area contributed by atoms with E-state index in [0.717, 1.165) is 69.6 Å². The van der Waals surface area contributed by atoms with Gasteiger partial charge in [0.05, 0.1) is 18.4 Å². The number of likely N-dealkylation sites (tertiary alicyclic amines) is 3. The Kier molecular flexibility index (Phi) is 4.34. The highest BCUT2D eigenvalue weighted by Gasteiger charge is 2.58. The molecule has 34 heavy (non-hydrogen) atoms. The van der Waals surface area contributed by atoms with Crippen molar-refractivity contribution < 1.29 is 18.0 Å². The summed E-state index contributed by atoms with van der Waals surface area (Å²) < 4.78 is 38.3. The molecule has 5 fully saturated rings. The number of hydrogen-bond donors (Lipinski definition) is 1. The van der Waals surface area contributed by atoms with Crippen LogP contribution in [0, 0.1) is 10.8 Å². The monoisotopic (exact) mass is 492 g/mol. The van der Waals surface area contributed by atoms with Crippen LogP contribution >= 0.6 is 11.3 Å². The van der Waals surface area contributed by atoms with E-state index in [0.29, 0.717) is 23.4 Å². The normalized spacial score (nSPS) is 25.7. The van der Waals surface area contributed by atoms with E-state index in [2.05, 4.69) is 26.1 Å². The number of urea groups is 1. The first-order chi connectivity index (χ1) is 16.2. The van der Waals surface area contributed by atoms with Crippen LogP contribution in [0.1, 0.15) is 58.8 Å². The lowest BCUT2D eigenvalue weighted by Gasteiger charge is -2.63. The third-order valence-electron chi connectivity index (χ3n) is 8.37. The van der Waals surface area contributed by atoms with Crippen LogP contribution in [0.4, 0.5) is 18.0 Å². The number of carbonyl (C=O) groups excluding carboxylic acids is 1. The molecular formula is C23H27F3N6OS. The lowest BCUT2D eigenvalue weighted by molar-refractivity contribution is -0.134. The Morgan fingerprint density at radius 1 is 1.06 bits per heavy atom. The molecule has 3 aliphatic heterocycles. The van der Waals surface area contributed by atoms with E-state index in [-0.39, 0.29) is 16.9 Å². The van der Waals surface area contributed by atoms with Crippen LogP contribution < -0.4 is 0 Å². The van der Waals surface area contributed by atoms with Crippen molar-refractivity contribution in [1.82, 2.24) is 29.9 Å². The number of aromatic amines is 1. The Bertz CT molecular complexity index is 1110. The van der Waals surface area contributed by atoms with Crippen molar-refractivity contribution >= 4 is 17.4 Å². The summed E-state index contributed by atoms with van der Waals surface area (Å²) in [4.78, 5) is 22.2. The van der Waals surface area contributed by atoms with Crippen LogP contribution in [0.5, 0.6) is 0 Å². The highest BCUT2D eigenvalue weighted by Crippen LogP contribution is 2.56. The number of alkyl halides is 3. The van der Waals surface area contributed by atoms with E-state index in [1.807, 2.05) is 9.80 Å². The van der Waals surface area contributed by atoms with Gasteiger partial charge in [-0.15, -0.1) is 11.3 Å². The van der Waals surface area contributed by atoms with Crippen LogP contribution in [0.25, 0.3) is 0 Å². The molecule has 2 spiro atoms. The van der Waals surface area contributed by atoms with Crippen molar-refractivity contribution in [2.24, 2.45) is 10.8 Å². The number of carbonyl (C=O) groups is 1. The molecule has 2 aromatic rings. The third kappa shape index (κ3) is 3.45. The quantitative estimate of drug-likeness (QED) is 0.704. The fourth-order valence-corrected chi connectivity index (χ4v) is 7.36. The molecule has 0 bridgehead atoms. The standard InChI is InChI=1S/C23H27F3N6OS/c24-23(25,26)18-6-27-19(34-18)7-30-8-22(9-30)12-32(13-22)20(33)31-10-21(11-31)4-15(5-21)17-3-16(28-29-17)14-1-2-14/h3,6,14-15H,1-2,4-5,7-13H2,(H,28,29). The molecule has 3 saturated heterocycles. The Labute approximate surface area is 199 Å². The van der Waals surface area contributed by atoms with Gasteiger partial charge in [0, 0.05) is 67.6 Å². The maximum Gasteiger partial charge on any atom is 0.427 e. The van der Waals surface area contributed by atoms with E-state index in [9.17, 15) is 18.0 Å². The Morgan fingerprint density at radius 2 is 1.74 bits per heavy atom. The van der Waals surface area contributed by atoms with E-state index in [4.69, 9.17) is 0 Å². The molecule has 11 heteroatoms. The minimum Gasteiger partial charge on any atom is -0.323 e. The van der Waals surface area contributed by atoms with Gasteiger partial charge in [0.2, 0.25) is 0 Å². The number of nitrogens with zero attached hydrogens (tertiary/aromatic N) is 5. The van der Waals surface area contributed by atoms with Gasteiger partial charge in [-0.05, 0) is 31.7 Å². The number of hydrogen-bond acceptors (Lipinski definition) is 5. The molecule has 2 amide bonds. The van der Waals surface area contributed by atoms with Gasteiger partial charge in [0.25, 0.3) is 0 Å². The van der Waals surface area contributed by atoms with Crippen molar-refractivity contribution in [3.63, 3.8) is 0 Å². The maximum atomic E-state index is 12.9. The van der Waals surface area contributed by atoms with Gasteiger partial charge >= 0.3 is 12.2 Å². The van der Waals surface area contributed by atoms with E-state index < -0.39 is 11.1 Å². The van der Waals surface area contributed by atoms with E-state index in [1.54, 1.807) is 0 Å². The van der Waals surface area contributed by atoms with Crippen LogP contribution in [0.2, 0.25) is 0 Å². The first-order valence-corrected chi connectivity index (χ1v) is 12.8. The molecule has 5 aliphatic rings. The van der Waals surface area contributed by atoms with Gasteiger partial charge in [-0.25, -0.2) is 9.78 Å². The van der Waals surface area contributed by atoms with Crippen LogP contribution in [-0.4, -0.2) is 75.2 Å². The summed E-state index contributed by atoms with van der Waals surface area (Å²) in [7, 11) is 0. The smallest absolute Gasteiger partial charge is 0.323 e. The fraction of sp³-hybridized carbons (Fsp3) is 0.696. The second kappa shape index (κ2) is 6.96. The molecule has 2 saturated carbocycles. The summed E-state index contributed by atoms with van der Waals surface area (Å²) in [5, 5.41) is 8.24. The van der Waals surface area contributed by atoms with Crippen LogP contribution in [-0.2, 0) is 12.7 Å². The zero-order valence-corrected chi connectivity index (χ0v) is 19.6. The summed E-state index contributed by atoms with van der Waals surface area (Å²) >= 11 is 0.720. The SMILES string of the molecule is O=C(N1CC2(CC(c3cc(C4CC4)[nH]n3)C2)C1)N1CC2(CN(Cc3ncc(C(F)(F)F)s3)C2)C1. The molecule has 5 heterocycles. The van der Waals surface area contributed by atoms with Crippen molar-refractivity contribution in [2.75, 3.05) is 39.3 Å². The van der Waals surface area contributed by atoms with Crippen molar-refractivity contribution in [3.8, 4) is 0 Å². The second-order valence-corrected chi connectivity index (χ2v) is 12.5. The average molecular weight is 493 g/mol.